The lowest BCUT2D eigenvalue weighted by Crippen LogP contribution is -2.36. The first kappa shape index (κ1) is 16.0. The molecule has 3 atom stereocenters. The van der Waals surface area contributed by atoms with Crippen LogP contribution in [-0.4, -0.2) is 0 Å². The van der Waals surface area contributed by atoms with Crippen molar-refractivity contribution in [2.45, 2.75) is 74.7 Å². The predicted octanol–water partition coefficient (Wildman–Crippen LogP) is 5.77. The van der Waals surface area contributed by atoms with Crippen molar-refractivity contribution in [3.63, 3.8) is 0 Å². The molecule has 16 heavy (non-hydrogen) atoms. The van der Waals surface area contributed by atoms with Crippen LogP contribution in [0.5, 0.6) is 0 Å². The maximum atomic E-state index is 2.51. The minimum Gasteiger partial charge on any atom is -0.0654 e. The van der Waals surface area contributed by atoms with Crippen molar-refractivity contribution in [2.24, 2.45) is 29.1 Å². The summed E-state index contributed by atoms with van der Waals surface area (Å²) in [6, 6.07) is 0. The van der Waals surface area contributed by atoms with Gasteiger partial charge in [0.15, 0.2) is 0 Å². The molecule has 3 unspecified atom stereocenters. The third kappa shape index (κ3) is 4.11. The van der Waals surface area contributed by atoms with Crippen molar-refractivity contribution in [2.75, 3.05) is 0 Å². The Balaban J connectivity index is 4.75. The maximum absolute atomic E-state index is 2.51. The standard InChI is InChI=1S/C16H34/c1-9-10-14(6)15(7)16(8,13(4)5)11-12(2)3/h12-15H,9-11H2,1-8H3. The minimum absolute atomic E-state index is 0.503. The van der Waals surface area contributed by atoms with Gasteiger partial charge in [0.1, 0.15) is 0 Å². The fourth-order valence-electron chi connectivity index (χ4n) is 3.18. The van der Waals surface area contributed by atoms with Gasteiger partial charge in [0, 0.05) is 0 Å². The summed E-state index contributed by atoms with van der Waals surface area (Å²) in [7, 11) is 0. The number of hydrogen-bond donors (Lipinski definition) is 0. The van der Waals surface area contributed by atoms with Crippen molar-refractivity contribution in [1.29, 1.82) is 0 Å². The first-order chi connectivity index (χ1) is 7.25. The summed E-state index contributed by atoms with van der Waals surface area (Å²) in [5, 5.41) is 0. The quantitative estimate of drug-likeness (QED) is 0.517. The minimum atomic E-state index is 0.503. The fourth-order valence-corrected chi connectivity index (χ4v) is 3.18. The van der Waals surface area contributed by atoms with E-state index < -0.39 is 0 Å². The first-order valence-corrected chi connectivity index (χ1v) is 7.25. The van der Waals surface area contributed by atoms with E-state index in [4.69, 9.17) is 0 Å². The third-order valence-electron chi connectivity index (χ3n) is 4.80. The molecule has 0 aliphatic rings. The molecule has 0 nitrogen and oxygen atoms in total. The molecule has 0 aromatic rings. The van der Waals surface area contributed by atoms with Crippen molar-refractivity contribution in [1.82, 2.24) is 0 Å². The van der Waals surface area contributed by atoms with E-state index in [1.165, 1.54) is 19.3 Å². The van der Waals surface area contributed by atoms with Gasteiger partial charge >= 0.3 is 0 Å². The monoisotopic (exact) mass is 226 g/mol. The van der Waals surface area contributed by atoms with Crippen LogP contribution in [0.25, 0.3) is 0 Å². The van der Waals surface area contributed by atoms with Crippen molar-refractivity contribution >= 4 is 0 Å². The zero-order valence-corrected chi connectivity index (χ0v) is 12.9. The topological polar surface area (TPSA) is 0 Å². The normalized spacial score (nSPS) is 19.9. The van der Waals surface area contributed by atoms with E-state index in [1.54, 1.807) is 0 Å². The second kappa shape index (κ2) is 6.67. The van der Waals surface area contributed by atoms with Gasteiger partial charge in [-0.3, -0.25) is 0 Å². The van der Waals surface area contributed by atoms with Crippen LogP contribution < -0.4 is 0 Å². The van der Waals surface area contributed by atoms with E-state index >= 15 is 0 Å². The number of hydrogen-bond acceptors (Lipinski definition) is 0. The summed E-state index contributed by atoms with van der Waals surface area (Å²) >= 11 is 0. The van der Waals surface area contributed by atoms with Crippen LogP contribution in [0, 0.1) is 29.1 Å². The van der Waals surface area contributed by atoms with Crippen LogP contribution in [0.3, 0.4) is 0 Å². The molecule has 0 radical (unpaired) electrons. The molecule has 98 valence electrons. The molecule has 0 aliphatic carbocycles. The second-order valence-electron chi connectivity index (χ2n) is 6.81. The highest BCUT2D eigenvalue weighted by Gasteiger charge is 2.37. The van der Waals surface area contributed by atoms with E-state index in [-0.39, 0.29) is 0 Å². The molecule has 0 saturated heterocycles. The smallest absolute Gasteiger partial charge is 0.0272 e. The van der Waals surface area contributed by atoms with Gasteiger partial charge in [-0.25, -0.2) is 0 Å². The summed E-state index contributed by atoms with van der Waals surface area (Å²) in [4.78, 5) is 0. The lowest BCUT2D eigenvalue weighted by atomic mass is 9.61. The van der Waals surface area contributed by atoms with E-state index in [0.29, 0.717) is 5.41 Å². The summed E-state index contributed by atoms with van der Waals surface area (Å²) in [5.41, 5.74) is 0.503. The molecule has 0 rings (SSSR count). The Morgan fingerprint density at radius 2 is 1.44 bits per heavy atom. The Kier molecular flexibility index (Phi) is 6.67. The van der Waals surface area contributed by atoms with Crippen molar-refractivity contribution in [3.05, 3.63) is 0 Å². The lowest BCUT2D eigenvalue weighted by molar-refractivity contribution is 0.0555. The Bertz CT molecular complexity index is 180. The first-order valence-electron chi connectivity index (χ1n) is 7.25. The molecule has 0 heteroatoms. The Morgan fingerprint density at radius 3 is 1.75 bits per heavy atom. The van der Waals surface area contributed by atoms with Gasteiger partial charge < -0.3 is 0 Å². The number of rotatable bonds is 7. The van der Waals surface area contributed by atoms with E-state index in [1.807, 2.05) is 0 Å². The average Bonchev–Trinajstić information content (AvgIpc) is 2.15. The molecule has 0 fully saturated rings. The molecule has 0 bridgehead atoms. The Labute approximate surface area is 104 Å². The highest BCUT2D eigenvalue weighted by molar-refractivity contribution is 4.86. The van der Waals surface area contributed by atoms with Gasteiger partial charge in [0.25, 0.3) is 0 Å². The zero-order chi connectivity index (χ0) is 12.9. The Hall–Kier alpha value is 0. The summed E-state index contributed by atoms with van der Waals surface area (Å²) < 4.78 is 0. The van der Waals surface area contributed by atoms with Crippen LogP contribution in [-0.2, 0) is 0 Å². The molecule has 0 heterocycles. The van der Waals surface area contributed by atoms with Gasteiger partial charge in [-0.05, 0) is 35.5 Å². The zero-order valence-electron chi connectivity index (χ0n) is 12.9. The maximum Gasteiger partial charge on any atom is -0.0272 e. The highest BCUT2D eigenvalue weighted by Crippen LogP contribution is 2.45. The lowest BCUT2D eigenvalue weighted by Gasteiger charge is -2.44. The molecule has 0 aromatic carbocycles. The van der Waals surface area contributed by atoms with Crippen LogP contribution in [0.4, 0.5) is 0 Å². The molecular weight excluding hydrogens is 192 g/mol. The van der Waals surface area contributed by atoms with Crippen LogP contribution in [0.15, 0.2) is 0 Å². The summed E-state index contributed by atoms with van der Waals surface area (Å²) in [6.07, 6.45) is 4.06. The van der Waals surface area contributed by atoms with Gasteiger partial charge in [-0.2, -0.15) is 0 Å². The summed E-state index contributed by atoms with van der Waals surface area (Å²) in [6.45, 7) is 19.2. The van der Waals surface area contributed by atoms with Crippen molar-refractivity contribution in [3.8, 4) is 0 Å². The van der Waals surface area contributed by atoms with Crippen LogP contribution in [0.1, 0.15) is 74.7 Å². The average molecular weight is 226 g/mol. The van der Waals surface area contributed by atoms with E-state index in [9.17, 15) is 0 Å². The molecule has 0 N–H and O–H groups in total. The van der Waals surface area contributed by atoms with Gasteiger partial charge in [-0.15, -0.1) is 0 Å². The van der Waals surface area contributed by atoms with Gasteiger partial charge in [0.05, 0.1) is 0 Å². The van der Waals surface area contributed by atoms with Crippen LogP contribution in [0.2, 0.25) is 0 Å². The van der Waals surface area contributed by atoms with Gasteiger partial charge in [-0.1, -0.05) is 68.2 Å². The van der Waals surface area contributed by atoms with Gasteiger partial charge in [0.2, 0.25) is 0 Å². The van der Waals surface area contributed by atoms with Crippen LogP contribution >= 0.6 is 0 Å². The second-order valence-corrected chi connectivity index (χ2v) is 6.81. The molecule has 0 aromatic heterocycles. The summed E-state index contributed by atoms with van der Waals surface area (Å²) in [5.74, 6) is 3.28. The SMILES string of the molecule is CCCC(C)C(C)C(C)(CC(C)C)C(C)C. The molecule has 0 aliphatic heterocycles. The predicted molar refractivity (Wildman–Crippen MR) is 75.6 cm³/mol. The largest absolute Gasteiger partial charge is 0.0654 e. The van der Waals surface area contributed by atoms with E-state index in [0.717, 1.165) is 23.7 Å². The highest BCUT2D eigenvalue weighted by atomic mass is 14.4. The molecule has 0 saturated carbocycles. The molecule has 0 spiro atoms. The molecular formula is C16H34. The van der Waals surface area contributed by atoms with E-state index in [2.05, 4.69) is 55.4 Å². The third-order valence-corrected chi connectivity index (χ3v) is 4.80. The Morgan fingerprint density at radius 1 is 0.938 bits per heavy atom. The molecule has 0 amide bonds. The van der Waals surface area contributed by atoms with Crippen molar-refractivity contribution < 1.29 is 0 Å². The fraction of sp³-hybridized carbons (Fsp3) is 1.00.